The van der Waals surface area contributed by atoms with E-state index in [1.165, 1.54) is 11.1 Å². The molecular weight excluding hydrogens is 176 g/mol. The molecular formula is C11H14OSi. The van der Waals surface area contributed by atoms with Gasteiger partial charge in [-0.25, -0.2) is 0 Å². The Bertz CT molecular complexity index is 255. The molecule has 1 rings (SSSR count). The van der Waals surface area contributed by atoms with Crippen LogP contribution < -0.4 is 0 Å². The molecule has 0 aliphatic rings. The highest BCUT2D eigenvalue weighted by Crippen LogP contribution is 2.02. The fourth-order valence-electron chi connectivity index (χ4n) is 0.722. The minimum atomic E-state index is 0.225. The van der Waals surface area contributed by atoms with Crippen molar-refractivity contribution in [3.05, 3.63) is 35.4 Å². The lowest BCUT2D eigenvalue weighted by Crippen LogP contribution is -1.84. The summed E-state index contributed by atoms with van der Waals surface area (Å²) in [4.78, 5) is 0. The predicted octanol–water partition coefficient (Wildman–Crippen LogP) is 2.15. The van der Waals surface area contributed by atoms with E-state index in [0.29, 0.717) is 0 Å². The Kier molecular flexibility index (Phi) is 6.99. The van der Waals surface area contributed by atoms with Crippen molar-refractivity contribution < 1.29 is 4.43 Å². The quantitative estimate of drug-likeness (QED) is 0.487. The number of hydrogen-bond acceptors (Lipinski definition) is 1. The maximum absolute atomic E-state index is 4.78. The summed E-state index contributed by atoms with van der Waals surface area (Å²) in [5.74, 6) is 0. The summed E-state index contributed by atoms with van der Waals surface area (Å²) in [6.07, 6.45) is 4.78. The van der Waals surface area contributed by atoms with Crippen LogP contribution in [0.3, 0.4) is 0 Å². The smallest absolute Gasteiger partial charge is 0.332 e. The molecule has 1 aromatic carbocycles. The van der Waals surface area contributed by atoms with Gasteiger partial charge < -0.3 is 4.43 Å². The molecule has 0 aliphatic carbocycles. The van der Waals surface area contributed by atoms with Crippen LogP contribution in [0.25, 0.3) is 0 Å². The van der Waals surface area contributed by atoms with E-state index < -0.39 is 0 Å². The lowest BCUT2D eigenvalue weighted by Gasteiger charge is -1.93. The summed E-state index contributed by atoms with van der Waals surface area (Å²) in [6, 6.07) is 8.36. The minimum absolute atomic E-state index is 0.225. The number of hydrogen-bond donors (Lipinski definition) is 0. The van der Waals surface area contributed by atoms with Crippen LogP contribution in [0.15, 0.2) is 24.3 Å². The van der Waals surface area contributed by atoms with E-state index in [1.54, 1.807) is 7.11 Å². The van der Waals surface area contributed by atoms with Gasteiger partial charge in [-0.05, 0) is 25.0 Å². The summed E-state index contributed by atoms with van der Waals surface area (Å²) < 4.78 is 4.48. The maximum Gasteiger partial charge on any atom is 0.332 e. The Balaban J connectivity index is 0.000000252. The molecule has 0 aliphatic heterocycles. The Morgan fingerprint density at radius 1 is 1.23 bits per heavy atom. The van der Waals surface area contributed by atoms with Crippen molar-refractivity contribution in [3.8, 4) is 12.0 Å². The molecule has 0 amide bonds. The van der Waals surface area contributed by atoms with Crippen LogP contribution in [0, 0.1) is 25.8 Å². The van der Waals surface area contributed by atoms with Gasteiger partial charge in [-0.1, -0.05) is 24.3 Å². The van der Waals surface area contributed by atoms with Crippen LogP contribution in [0.1, 0.15) is 11.1 Å². The Hall–Kier alpha value is -1.04. The fraction of sp³-hybridized carbons (Fsp3) is 0.273. The van der Waals surface area contributed by atoms with Crippen molar-refractivity contribution >= 4 is 9.76 Å². The Morgan fingerprint density at radius 2 is 1.69 bits per heavy atom. The average molecular weight is 190 g/mol. The first-order chi connectivity index (χ1) is 6.22. The normalized spacial score (nSPS) is 8.15. The summed E-state index contributed by atoms with van der Waals surface area (Å²) in [5.41, 5.74) is 5.06. The molecule has 0 fully saturated rings. The molecule has 1 nitrogen and oxygen atoms in total. The van der Waals surface area contributed by atoms with Crippen molar-refractivity contribution in [2.75, 3.05) is 7.11 Å². The molecule has 0 saturated carbocycles. The Morgan fingerprint density at radius 3 is 1.85 bits per heavy atom. The molecule has 2 heteroatoms. The molecule has 0 heterocycles. The van der Waals surface area contributed by atoms with Gasteiger partial charge in [-0.15, -0.1) is 12.0 Å². The number of benzene rings is 1. The van der Waals surface area contributed by atoms with Crippen molar-refractivity contribution in [3.63, 3.8) is 0 Å². The summed E-state index contributed by atoms with van der Waals surface area (Å²) in [5, 5.41) is 0. The molecule has 0 spiro atoms. The summed E-state index contributed by atoms with van der Waals surface area (Å²) in [7, 11) is 1.81. The zero-order valence-electron chi connectivity index (χ0n) is 8.29. The third kappa shape index (κ3) is 6.15. The van der Waals surface area contributed by atoms with Gasteiger partial charge in [0.1, 0.15) is 0 Å². The lowest BCUT2D eigenvalue weighted by molar-refractivity contribution is 0.451. The predicted molar refractivity (Wildman–Crippen MR) is 57.5 cm³/mol. The topological polar surface area (TPSA) is 9.23 Å². The molecule has 0 N–H and O–H groups in total. The van der Waals surface area contributed by atoms with E-state index in [4.69, 9.17) is 6.42 Å². The number of rotatable bonds is 1. The van der Waals surface area contributed by atoms with Gasteiger partial charge in [-0.2, -0.15) is 0 Å². The first-order valence-electron chi connectivity index (χ1n) is 3.98. The van der Waals surface area contributed by atoms with Gasteiger partial charge in [0.2, 0.25) is 0 Å². The van der Waals surface area contributed by atoms with Gasteiger partial charge in [0.15, 0.2) is 0 Å². The van der Waals surface area contributed by atoms with Crippen LogP contribution >= 0.6 is 0 Å². The highest BCUT2D eigenvalue weighted by molar-refractivity contribution is 6.38. The van der Waals surface area contributed by atoms with Gasteiger partial charge >= 0.3 is 9.76 Å². The molecule has 0 unspecified atom stereocenters. The molecule has 2 radical (unpaired) electrons. The monoisotopic (exact) mass is 190 g/mol. The SMILES string of the molecule is C#C[Si]OC.Cc1ccccc1C. The molecule has 0 atom stereocenters. The van der Waals surface area contributed by atoms with Crippen molar-refractivity contribution in [1.29, 1.82) is 0 Å². The lowest BCUT2D eigenvalue weighted by atomic mass is 10.1. The van der Waals surface area contributed by atoms with E-state index >= 15 is 0 Å². The highest BCUT2D eigenvalue weighted by Gasteiger charge is 1.83. The first kappa shape index (κ1) is 12.0. The first-order valence-corrected chi connectivity index (χ1v) is 4.89. The van der Waals surface area contributed by atoms with Crippen LogP contribution in [0.5, 0.6) is 0 Å². The average Bonchev–Trinajstić information content (AvgIpc) is 2.13. The van der Waals surface area contributed by atoms with Crippen molar-refractivity contribution in [2.24, 2.45) is 0 Å². The standard InChI is InChI=1S/C8H10.C3H4OSi/c1-7-5-3-4-6-8(7)2;1-3-5-4-2/h3-6H,1-2H3;1H,2H3. The van der Waals surface area contributed by atoms with Crippen molar-refractivity contribution in [2.45, 2.75) is 13.8 Å². The summed E-state index contributed by atoms with van der Waals surface area (Å²) in [6.45, 7) is 4.24. The summed E-state index contributed by atoms with van der Waals surface area (Å²) >= 11 is 0. The second kappa shape index (κ2) is 7.60. The fourth-order valence-corrected chi connectivity index (χ4v) is 0.839. The van der Waals surface area contributed by atoms with E-state index in [9.17, 15) is 0 Å². The van der Waals surface area contributed by atoms with Crippen LogP contribution in [-0.2, 0) is 4.43 Å². The van der Waals surface area contributed by atoms with E-state index in [2.05, 4.69) is 48.1 Å². The van der Waals surface area contributed by atoms with Gasteiger partial charge in [0.25, 0.3) is 0 Å². The third-order valence-electron chi connectivity index (χ3n) is 1.59. The van der Waals surface area contributed by atoms with Crippen LogP contribution in [0.4, 0.5) is 0 Å². The van der Waals surface area contributed by atoms with Gasteiger partial charge in [-0.3, -0.25) is 0 Å². The third-order valence-corrected chi connectivity index (χ3v) is 1.91. The zero-order valence-corrected chi connectivity index (χ0v) is 9.29. The van der Waals surface area contributed by atoms with Crippen LogP contribution in [-0.4, -0.2) is 16.9 Å². The molecule has 0 saturated heterocycles. The molecule has 0 aromatic heterocycles. The van der Waals surface area contributed by atoms with E-state index in [1.807, 2.05) is 0 Å². The maximum atomic E-state index is 4.78. The number of terminal acetylenes is 1. The van der Waals surface area contributed by atoms with E-state index in [-0.39, 0.29) is 9.76 Å². The Labute approximate surface area is 83.1 Å². The van der Waals surface area contributed by atoms with Gasteiger partial charge in [0, 0.05) is 7.11 Å². The van der Waals surface area contributed by atoms with E-state index in [0.717, 1.165) is 0 Å². The molecule has 68 valence electrons. The van der Waals surface area contributed by atoms with Gasteiger partial charge in [0.05, 0.1) is 0 Å². The minimum Gasteiger partial charge on any atom is -0.408 e. The molecule has 13 heavy (non-hydrogen) atoms. The van der Waals surface area contributed by atoms with Crippen molar-refractivity contribution in [1.82, 2.24) is 0 Å². The molecule has 1 aromatic rings. The second-order valence-corrected chi connectivity index (χ2v) is 3.44. The number of aryl methyl sites for hydroxylation is 2. The highest BCUT2D eigenvalue weighted by atomic mass is 28.2. The second-order valence-electron chi connectivity index (χ2n) is 2.53. The molecule has 0 bridgehead atoms. The zero-order chi connectivity index (χ0) is 10.1. The largest absolute Gasteiger partial charge is 0.408 e. The van der Waals surface area contributed by atoms with Crippen LogP contribution in [0.2, 0.25) is 0 Å².